The van der Waals surface area contributed by atoms with Gasteiger partial charge in [-0.2, -0.15) is 0 Å². The Morgan fingerprint density at radius 2 is 2.11 bits per heavy atom. The SMILES string of the molecule is CCOC(=O)C1=C(CN2CC(F)(F)CC2CCC(=O)O)NC(c2nccn2C)=NC1c1ccc(F)cc1Br. The maximum Gasteiger partial charge on any atom is 0.338 e. The number of alkyl halides is 2. The number of nitrogens with one attached hydrogen (secondary N) is 1. The molecular weight excluding hydrogens is 571 g/mol. The molecular formula is C25H27BrF3N5O4. The van der Waals surface area contributed by atoms with Crippen LogP contribution >= 0.6 is 15.9 Å². The third-order valence-corrected chi connectivity index (χ3v) is 7.14. The zero-order valence-corrected chi connectivity index (χ0v) is 22.3. The molecule has 204 valence electrons. The van der Waals surface area contributed by atoms with Crippen molar-refractivity contribution in [2.24, 2.45) is 12.0 Å². The molecule has 13 heteroatoms. The van der Waals surface area contributed by atoms with Gasteiger partial charge in [0.15, 0.2) is 11.7 Å². The Morgan fingerprint density at radius 3 is 2.74 bits per heavy atom. The molecule has 0 amide bonds. The first kappa shape index (κ1) is 27.8. The molecule has 1 fully saturated rings. The number of hydrogen-bond donors (Lipinski definition) is 2. The first-order valence-corrected chi connectivity index (χ1v) is 12.8. The normalized spacial score (nSPS) is 21.3. The summed E-state index contributed by atoms with van der Waals surface area (Å²) in [4.78, 5) is 35.0. The van der Waals surface area contributed by atoms with Crippen molar-refractivity contribution in [2.45, 2.75) is 44.2 Å². The highest BCUT2D eigenvalue weighted by Crippen LogP contribution is 2.39. The summed E-state index contributed by atoms with van der Waals surface area (Å²) in [5.41, 5.74) is 0.828. The van der Waals surface area contributed by atoms with Crippen molar-refractivity contribution >= 4 is 33.7 Å². The number of benzene rings is 1. The predicted octanol–water partition coefficient (Wildman–Crippen LogP) is 3.80. The van der Waals surface area contributed by atoms with Crippen LogP contribution in [-0.4, -0.2) is 69.0 Å². The highest BCUT2D eigenvalue weighted by atomic mass is 79.9. The van der Waals surface area contributed by atoms with E-state index >= 15 is 0 Å². The Morgan fingerprint density at radius 1 is 1.34 bits per heavy atom. The van der Waals surface area contributed by atoms with Gasteiger partial charge in [-0.3, -0.25) is 14.7 Å². The van der Waals surface area contributed by atoms with Crippen LogP contribution < -0.4 is 5.32 Å². The molecule has 3 heterocycles. The zero-order valence-electron chi connectivity index (χ0n) is 20.8. The number of aryl methyl sites for hydroxylation is 1. The van der Waals surface area contributed by atoms with Gasteiger partial charge in [0.1, 0.15) is 11.9 Å². The number of rotatable bonds is 9. The van der Waals surface area contributed by atoms with Gasteiger partial charge in [0.25, 0.3) is 5.92 Å². The smallest absolute Gasteiger partial charge is 0.338 e. The fourth-order valence-electron chi connectivity index (χ4n) is 4.75. The molecule has 1 aromatic carbocycles. The summed E-state index contributed by atoms with van der Waals surface area (Å²) in [6.07, 6.45) is 2.54. The van der Waals surface area contributed by atoms with Gasteiger partial charge >= 0.3 is 11.9 Å². The quantitative estimate of drug-likeness (QED) is 0.423. The number of halogens is 4. The minimum absolute atomic E-state index is 0.0280. The molecule has 0 bridgehead atoms. The number of carbonyl (C=O) groups is 2. The van der Waals surface area contributed by atoms with Crippen LogP contribution in [0.2, 0.25) is 0 Å². The van der Waals surface area contributed by atoms with Crippen molar-refractivity contribution in [3.05, 3.63) is 63.5 Å². The number of hydrogen-bond acceptors (Lipinski definition) is 7. The summed E-state index contributed by atoms with van der Waals surface area (Å²) in [6, 6.07) is 2.30. The molecule has 9 nitrogen and oxygen atoms in total. The molecule has 0 aliphatic carbocycles. The van der Waals surface area contributed by atoms with Gasteiger partial charge in [0, 0.05) is 55.0 Å². The Bertz CT molecular complexity index is 1300. The summed E-state index contributed by atoms with van der Waals surface area (Å²) in [7, 11) is 1.75. The van der Waals surface area contributed by atoms with E-state index in [2.05, 4.69) is 26.2 Å². The molecule has 0 saturated carbocycles. The number of likely N-dealkylation sites (tertiary alicyclic amines) is 1. The van der Waals surface area contributed by atoms with E-state index in [1.165, 1.54) is 23.1 Å². The molecule has 2 atom stereocenters. The van der Waals surface area contributed by atoms with Crippen molar-refractivity contribution in [1.82, 2.24) is 19.8 Å². The number of imidazole rings is 1. The lowest BCUT2D eigenvalue weighted by Gasteiger charge is -2.31. The lowest BCUT2D eigenvalue weighted by Crippen LogP contribution is -2.42. The Balaban J connectivity index is 1.82. The van der Waals surface area contributed by atoms with E-state index in [1.54, 1.807) is 30.9 Å². The van der Waals surface area contributed by atoms with Crippen LogP contribution in [0.1, 0.15) is 43.6 Å². The van der Waals surface area contributed by atoms with Gasteiger partial charge in [0.2, 0.25) is 0 Å². The number of carboxylic acid groups (broad SMARTS) is 1. The number of carbonyl (C=O) groups excluding carboxylic acids is 1. The van der Waals surface area contributed by atoms with Gasteiger partial charge in [0.05, 0.1) is 18.7 Å². The van der Waals surface area contributed by atoms with Gasteiger partial charge in [-0.25, -0.2) is 22.9 Å². The van der Waals surface area contributed by atoms with Crippen molar-refractivity contribution in [1.29, 1.82) is 0 Å². The van der Waals surface area contributed by atoms with E-state index in [4.69, 9.17) is 14.8 Å². The fraction of sp³-hybridized carbons (Fsp3) is 0.440. The molecule has 2 N–H and O–H groups in total. The second kappa shape index (κ2) is 11.3. The maximum absolute atomic E-state index is 14.5. The third-order valence-electron chi connectivity index (χ3n) is 6.45. The highest BCUT2D eigenvalue weighted by Gasteiger charge is 2.46. The van der Waals surface area contributed by atoms with E-state index in [0.717, 1.165) is 0 Å². The lowest BCUT2D eigenvalue weighted by atomic mass is 9.95. The van der Waals surface area contributed by atoms with Crippen LogP contribution in [0.3, 0.4) is 0 Å². The molecule has 2 aromatic rings. The number of nitrogens with zero attached hydrogens (tertiary/aromatic N) is 4. The van der Waals surface area contributed by atoms with Crippen LogP contribution in [0, 0.1) is 5.82 Å². The molecule has 2 aliphatic heterocycles. The van der Waals surface area contributed by atoms with Crippen LogP contribution in [0.5, 0.6) is 0 Å². The first-order chi connectivity index (χ1) is 18.0. The number of aromatic nitrogens is 2. The molecule has 1 aromatic heterocycles. The van der Waals surface area contributed by atoms with Crippen LogP contribution in [0.25, 0.3) is 0 Å². The van der Waals surface area contributed by atoms with Gasteiger partial charge in [-0.15, -0.1) is 0 Å². The Kier molecular flexibility index (Phi) is 8.26. The average molecular weight is 598 g/mol. The van der Waals surface area contributed by atoms with Crippen molar-refractivity contribution in [2.75, 3.05) is 19.7 Å². The number of aliphatic carboxylic acids is 1. The summed E-state index contributed by atoms with van der Waals surface area (Å²) < 4.78 is 50.3. The predicted molar refractivity (Wildman–Crippen MR) is 135 cm³/mol. The average Bonchev–Trinajstić information content (AvgIpc) is 3.38. The van der Waals surface area contributed by atoms with E-state index in [-0.39, 0.29) is 43.1 Å². The Labute approximate surface area is 225 Å². The molecule has 0 spiro atoms. The number of amidine groups is 1. The molecule has 4 rings (SSSR count). The van der Waals surface area contributed by atoms with Crippen molar-refractivity contribution in [3.63, 3.8) is 0 Å². The maximum atomic E-state index is 14.5. The van der Waals surface area contributed by atoms with Gasteiger partial charge in [-0.05, 0) is 31.0 Å². The summed E-state index contributed by atoms with van der Waals surface area (Å²) >= 11 is 3.36. The number of esters is 1. The van der Waals surface area contributed by atoms with E-state index in [1.807, 2.05) is 0 Å². The number of ether oxygens (including phenoxy) is 1. The van der Waals surface area contributed by atoms with Crippen LogP contribution in [0.15, 0.2) is 51.3 Å². The Hall–Kier alpha value is -3.19. The minimum Gasteiger partial charge on any atom is -0.481 e. The molecule has 1 saturated heterocycles. The van der Waals surface area contributed by atoms with E-state index < -0.39 is 48.7 Å². The highest BCUT2D eigenvalue weighted by molar-refractivity contribution is 9.10. The molecule has 0 radical (unpaired) electrons. The van der Waals surface area contributed by atoms with Crippen molar-refractivity contribution < 1.29 is 32.6 Å². The van der Waals surface area contributed by atoms with Crippen molar-refractivity contribution in [3.8, 4) is 0 Å². The summed E-state index contributed by atoms with van der Waals surface area (Å²) in [5.74, 6) is -4.57. The minimum atomic E-state index is -3.02. The summed E-state index contributed by atoms with van der Waals surface area (Å²) in [5, 5.41) is 12.2. The largest absolute Gasteiger partial charge is 0.481 e. The second-order valence-corrected chi connectivity index (χ2v) is 10.1. The van der Waals surface area contributed by atoms with E-state index in [0.29, 0.717) is 15.9 Å². The van der Waals surface area contributed by atoms with Crippen LogP contribution in [-0.2, 0) is 21.4 Å². The first-order valence-electron chi connectivity index (χ1n) is 12.0. The lowest BCUT2D eigenvalue weighted by molar-refractivity contribution is -0.139. The standard InChI is InChI=1S/C25H27BrF3N5O4/c1-3-38-24(37)20-18(12-34-13-25(28,29)11-15(34)5-7-19(35)36)31-22(23-30-8-9-33(23)2)32-21(20)16-6-4-14(27)10-17(16)26/h4,6,8-10,15,21H,3,5,7,11-13H2,1-2H3,(H,31,32)(H,35,36). The van der Waals surface area contributed by atoms with Gasteiger partial charge < -0.3 is 19.7 Å². The third kappa shape index (κ3) is 6.09. The fourth-order valence-corrected chi connectivity index (χ4v) is 5.32. The molecule has 2 unspecified atom stereocenters. The molecule has 38 heavy (non-hydrogen) atoms. The number of aliphatic imine (C=N–C) groups is 1. The topological polar surface area (TPSA) is 109 Å². The monoisotopic (exact) mass is 597 g/mol. The van der Waals surface area contributed by atoms with E-state index in [9.17, 15) is 22.8 Å². The van der Waals surface area contributed by atoms with Gasteiger partial charge in [-0.1, -0.05) is 22.0 Å². The zero-order chi connectivity index (χ0) is 27.6. The summed E-state index contributed by atoms with van der Waals surface area (Å²) in [6.45, 7) is 0.986. The number of carboxylic acids is 1. The van der Waals surface area contributed by atoms with Crippen LogP contribution in [0.4, 0.5) is 13.2 Å². The molecule has 2 aliphatic rings. The second-order valence-electron chi connectivity index (χ2n) is 9.20.